The molecule has 2 N–H and O–H groups in total. The highest BCUT2D eigenvalue weighted by Gasteiger charge is 2.24. The van der Waals surface area contributed by atoms with Gasteiger partial charge in [0.05, 0.1) is 6.04 Å². The van der Waals surface area contributed by atoms with E-state index in [0.29, 0.717) is 18.2 Å². The maximum atomic E-state index is 12.3. The average Bonchev–Trinajstić information content (AvgIpc) is 2.80. The fourth-order valence-electron chi connectivity index (χ4n) is 2.46. The minimum atomic E-state index is -0.865. The van der Waals surface area contributed by atoms with Crippen LogP contribution in [0.1, 0.15) is 75.6 Å². The number of carboxylic acid groups (broad SMARTS) is 1. The monoisotopic (exact) mass is 309 g/mol. The molecular formula is C16H27N3O3. The zero-order valence-electron chi connectivity index (χ0n) is 14.1. The largest absolute Gasteiger partial charge is 0.481 e. The van der Waals surface area contributed by atoms with E-state index in [-0.39, 0.29) is 12.3 Å². The Labute approximate surface area is 131 Å². The summed E-state index contributed by atoms with van der Waals surface area (Å²) in [5, 5.41) is 16.0. The number of amides is 1. The summed E-state index contributed by atoms with van der Waals surface area (Å²) < 4.78 is 1.90. The molecular weight excluding hydrogens is 282 g/mol. The Morgan fingerprint density at radius 1 is 1.36 bits per heavy atom. The molecule has 1 aromatic heterocycles. The van der Waals surface area contributed by atoms with E-state index in [2.05, 4.69) is 24.3 Å². The van der Waals surface area contributed by atoms with Crippen LogP contribution in [0.2, 0.25) is 0 Å². The molecule has 22 heavy (non-hydrogen) atoms. The molecule has 0 aliphatic rings. The van der Waals surface area contributed by atoms with Crippen LogP contribution in [-0.4, -0.2) is 32.3 Å². The molecule has 0 aliphatic carbocycles. The highest BCUT2D eigenvalue weighted by molar-refractivity contribution is 5.92. The van der Waals surface area contributed by atoms with Crippen molar-refractivity contribution in [1.29, 1.82) is 0 Å². The first-order valence-electron chi connectivity index (χ1n) is 7.80. The van der Waals surface area contributed by atoms with Crippen LogP contribution in [0.3, 0.4) is 0 Å². The summed E-state index contributed by atoms with van der Waals surface area (Å²) in [6, 6.07) is 2.07. The van der Waals surface area contributed by atoms with Crippen molar-refractivity contribution in [3.63, 3.8) is 0 Å². The predicted octanol–water partition coefficient (Wildman–Crippen LogP) is 2.93. The molecule has 0 saturated heterocycles. The molecule has 6 nitrogen and oxygen atoms in total. The van der Waals surface area contributed by atoms with Gasteiger partial charge in [-0.15, -0.1) is 0 Å². The molecule has 0 aromatic carbocycles. The van der Waals surface area contributed by atoms with E-state index in [9.17, 15) is 9.59 Å². The van der Waals surface area contributed by atoms with E-state index in [1.807, 2.05) is 25.5 Å². The Bertz CT molecular complexity index is 531. The van der Waals surface area contributed by atoms with Crippen molar-refractivity contribution < 1.29 is 14.7 Å². The Hall–Kier alpha value is -1.85. The highest BCUT2D eigenvalue weighted by Crippen LogP contribution is 2.19. The van der Waals surface area contributed by atoms with E-state index < -0.39 is 11.5 Å². The molecule has 1 heterocycles. The van der Waals surface area contributed by atoms with Gasteiger partial charge in [-0.3, -0.25) is 14.3 Å². The van der Waals surface area contributed by atoms with Crippen LogP contribution in [0.15, 0.2) is 6.07 Å². The lowest BCUT2D eigenvalue weighted by atomic mass is 9.98. The number of aliphatic carboxylic acids is 1. The number of carboxylic acids is 1. The number of hydrogen-bond donors (Lipinski definition) is 2. The van der Waals surface area contributed by atoms with Crippen molar-refractivity contribution in [2.24, 2.45) is 0 Å². The topological polar surface area (TPSA) is 84.2 Å². The number of nitrogens with one attached hydrogen (secondary N) is 1. The number of aryl methyl sites for hydroxylation is 1. The first-order valence-corrected chi connectivity index (χ1v) is 7.80. The third kappa shape index (κ3) is 4.86. The molecule has 0 bridgehead atoms. The zero-order chi connectivity index (χ0) is 16.9. The van der Waals surface area contributed by atoms with Crippen molar-refractivity contribution in [3.8, 4) is 0 Å². The van der Waals surface area contributed by atoms with Gasteiger partial charge in [0.1, 0.15) is 5.69 Å². The van der Waals surface area contributed by atoms with E-state index in [0.717, 1.165) is 18.5 Å². The number of hydrogen-bond acceptors (Lipinski definition) is 3. The third-order valence-corrected chi connectivity index (χ3v) is 3.86. The Morgan fingerprint density at radius 2 is 1.95 bits per heavy atom. The van der Waals surface area contributed by atoms with Crippen LogP contribution < -0.4 is 5.32 Å². The molecule has 0 radical (unpaired) electrons. The summed E-state index contributed by atoms with van der Waals surface area (Å²) in [4.78, 5) is 23.0. The summed E-state index contributed by atoms with van der Waals surface area (Å²) >= 11 is 0. The van der Waals surface area contributed by atoms with Crippen LogP contribution >= 0.6 is 0 Å². The first kappa shape index (κ1) is 18.2. The van der Waals surface area contributed by atoms with Gasteiger partial charge in [-0.1, -0.05) is 13.8 Å². The van der Waals surface area contributed by atoms with Gasteiger partial charge in [0.25, 0.3) is 5.91 Å². The standard InChI is InChI=1S/C16H27N3O3/c1-6-12(7-2)19-11(3)10-13(18-19)15(22)17-16(4,5)9-8-14(20)21/h10,12H,6-9H2,1-5H3,(H,17,22)(H,20,21). The highest BCUT2D eigenvalue weighted by atomic mass is 16.4. The summed E-state index contributed by atoms with van der Waals surface area (Å²) in [7, 11) is 0. The van der Waals surface area contributed by atoms with Crippen LogP contribution in [0, 0.1) is 6.92 Å². The Kier molecular flexibility index (Phi) is 6.14. The Morgan fingerprint density at radius 3 is 2.45 bits per heavy atom. The fourth-order valence-corrected chi connectivity index (χ4v) is 2.46. The van der Waals surface area contributed by atoms with Gasteiger partial charge in [0.2, 0.25) is 0 Å². The maximum Gasteiger partial charge on any atom is 0.303 e. The van der Waals surface area contributed by atoms with E-state index in [4.69, 9.17) is 5.11 Å². The van der Waals surface area contributed by atoms with Gasteiger partial charge >= 0.3 is 5.97 Å². The van der Waals surface area contributed by atoms with E-state index in [1.54, 1.807) is 6.07 Å². The van der Waals surface area contributed by atoms with Crippen LogP contribution in [-0.2, 0) is 4.79 Å². The van der Waals surface area contributed by atoms with E-state index in [1.165, 1.54) is 0 Å². The molecule has 124 valence electrons. The summed E-state index contributed by atoms with van der Waals surface area (Å²) in [6.07, 6.45) is 2.32. The molecule has 0 aliphatic heterocycles. The smallest absolute Gasteiger partial charge is 0.303 e. The summed E-state index contributed by atoms with van der Waals surface area (Å²) in [5.41, 5.74) is 0.761. The van der Waals surface area contributed by atoms with Gasteiger partial charge in [-0.25, -0.2) is 0 Å². The molecule has 1 aromatic rings. The summed E-state index contributed by atoms with van der Waals surface area (Å²) in [5.74, 6) is -1.13. The second-order valence-corrected chi connectivity index (χ2v) is 6.32. The number of rotatable bonds is 8. The van der Waals surface area contributed by atoms with Gasteiger partial charge in [-0.05, 0) is 46.1 Å². The van der Waals surface area contributed by atoms with Crippen LogP contribution in [0.25, 0.3) is 0 Å². The van der Waals surface area contributed by atoms with Gasteiger partial charge in [-0.2, -0.15) is 5.10 Å². The predicted molar refractivity (Wildman–Crippen MR) is 85.0 cm³/mol. The molecule has 0 atom stereocenters. The molecule has 1 amide bonds. The molecule has 0 unspecified atom stereocenters. The first-order chi connectivity index (χ1) is 10.2. The van der Waals surface area contributed by atoms with Crippen LogP contribution in [0.4, 0.5) is 0 Å². The average molecular weight is 309 g/mol. The number of carbonyl (C=O) groups is 2. The number of aromatic nitrogens is 2. The lowest BCUT2D eigenvalue weighted by Gasteiger charge is -2.25. The molecule has 0 spiro atoms. The van der Waals surface area contributed by atoms with Crippen molar-refractivity contribution >= 4 is 11.9 Å². The van der Waals surface area contributed by atoms with E-state index >= 15 is 0 Å². The lowest BCUT2D eigenvalue weighted by Crippen LogP contribution is -2.43. The SMILES string of the molecule is CCC(CC)n1nc(C(=O)NC(C)(C)CCC(=O)O)cc1C. The van der Waals surface area contributed by atoms with Crippen molar-refractivity contribution in [2.45, 2.75) is 71.9 Å². The second kappa shape index (κ2) is 7.42. The van der Waals surface area contributed by atoms with Crippen molar-refractivity contribution in [3.05, 3.63) is 17.5 Å². The lowest BCUT2D eigenvalue weighted by molar-refractivity contribution is -0.137. The molecule has 6 heteroatoms. The number of carbonyl (C=O) groups excluding carboxylic acids is 1. The van der Waals surface area contributed by atoms with Crippen LogP contribution in [0.5, 0.6) is 0 Å². The second-order valence-electron chi connectivity index (χ2n) is 6.32. The van der Waals surface area contributed by atoms with Gasteiger partial charge in [0.15, 0.2) is 0 Å². The molecule has 0 fully saturated rings. The van der Waals surface area contributed by atoms with Crippen molar-refractivity contribution in [1.82, 2.24) is 15.1 Å². The summed E-state index contributed by atoms with van der Waals surface area (Å²) in [6.45, 7) is 9.78. The fraction of sp³-hybridized carbons (Fsp3) is 0.688. The third-order valence-electron chi connectivity index (χ3n) is 3.86. The van der Waals surface area contributed by atoms with Gasteiger partial charge < -0.3 is 10.4 Å². The quantitative estimate of drug-likeness (QED) is 0.773. The van der Waals surface area contributed by atoms with Gasteiger partial charge in [0, 0.05) is 17.7 Å². The maximum absolute atomic E-state index is 12.3. The molecule has 1 rings (SSSR count). The number of nitrogens with zero attached hydrogens (tertiary/aromatic N) is 2. The zero-order valence-corrected chi connectivity index (χ0v) is 14.1. The molecule has 0 saturated carbocycles. The van der Waals surface area contributed by atoms with Crippen molar-refractivity contribution in [2.75, 3.05) is 0 Å². The minimum Gasteiger partial charge on any atom is -0.481 e. The Balaban J connectivity index is 2.82. The normalized spacial score (nSPS) is 11.7. The minimum absolute atomic E-state index is 0.0223.